The van der Waals surface area contributed by atoms with Gasteiger partial charge in [0, 0.05) is 19.2 Å². The lowest BCUT2D eigenvalue weighted by Crippen LogP contribution is -2.52. The average Bonchev–Trinajstić information content (AvgIpc) is 2.47. The highest BCUT2D eigenvalue weighted by Crippen LogP contribution is 2.17. The molecule has 1 fully saturated rings. The second kappa shape index (κ2) is 6.49. The third-order valence-corrected chi connectivity index (χ3v) is 3.22. The molecule has 0 spiro atoms. The van der Waals surface area contributed by atoms with Crippen molar-refractivity contribution >= 4 is 11.9 Å². The minimum atomic E-state index is -1.05. The normalized spacial score (nSPS) is 18.9. The second-order valence-electron chi connectivity index (χ2n) is 4.52. The second-order valence-corrected chi connectivity index (χ2v) is 4.52. The maximum absolute atomic E-state index is 12.6. The molecular weight excluding hydrogens is 262 g/mol. The lowest BCUT2D eigenvalue weighted by molar-refractivity contribution is -0.147. The number of nitrogens with zero attached hydrogens (tertiary/aromatic N) is 1. The summed E-state index contributed by atoms with van der Waals surface area (Å²) in [5.74, 6) is -1.35. The minimum absolute atomic E-state index is 0.0213. The summed E-state index contributed by atoms with van der Waals surface area (Å²) in [6, 6.07) is 6.12. The van der Waals surface area contributed by atoms with Crippen molar-refractivity contribution in [3.05, 3.63) is 35.4 Å². The van der Waals surface area contributed by atoms with E-state index in [1.54, 1.807) is 25.3 Å². The summed E-state index contributed by atoms with van der Waals surface area (Å²) in [7, 11) is 1.55. The van der Waals surface area contributed by atoms with Crippen molar-refractivity contribution in [2.45, 2.75) is 12.6 Å². The molecule has 1 amide bonds. The van der Waals surface area contributed by atoms with E-state index < -0.39 is 12.0 Å². The number of morpholine rings is 1. The van der Waals surface area contributed by atoms with E-state index in [2.05, 4.69) is 0 Å². The van der Waals surface area contributed by atoms with E-state index in [0.29, 0.717) is 18.8 Å². The number of carbonyl (C=O) groups is 2. The summed E-state index contributed by atoms with van der Waals surface area (Å²) in [5.41, 5.74) is 1.22. The number of rotatable bonds is 4. The summed E-state index contributed by atoms with van der Waals surface area (Å²) in [5, 5.41) is 9.18. The Bertz CT molecular complexity index is 502. The molecule has 1 atom stereocenters. The molecule has 6 heteroatoms. The van der Waals surface area contributed by atoms with Crippen molar-refractivity contribution in [3.8, 4) is 0 Å². The zero-order valence-electron chi connectivity index (χ0n) is 11.2. The molecule has 1 unspecified atom stereocenters. The van der Waals surface area contributed by atoms with Crippen molar-refractivity contribution in [3.63, 3.8) is 0 Å². The standard InChI is InChI=1S/C14H17NO5/c1-19-8-10-4-2-3-5-11(10)13(16)15-6-7-20-9-12(15)14(17)18/h2-5,12H,6-9H2,1H3,(H,17,18). The van der Waals surface area contributed by atoms with Gasteiger partial charge in [-0.25, -0.2) is 4.79 Å². The first-order valence-electron chi connectivity index (χ1n) is 6.33. The molecule has 0 aliphatic carbocycles. The van der Waals surface area contributed by atoms with Gasteiger partial charge in [0.25, 0.3) is 5.91 Å². The first-order chi connectivity index (χ1) is 9.65. The summed E-state index contributed by atoms with van der Waals surface area (Å²) in [6.45, 7) is 0.955. The number of methoxy groups -OCH3 is 1. The van der Waals surface area contributed by atoms with Gasteiger partial charge < -0.3 is 19.5 Å². The Labute approximate surface area is 116 Å². The van der Waals surface area contributed by atoms with Crippen LogP contribution in [0, 0.1) is 0 Å². The fourth-order valence-corrected chi connectivity index (χ4v) is 2.22. The molecule has 1 aromatic carbocycles. The number of carboxylic acid groups (broad SMARTS) is 1. The summed E-state index contributed by atoms with van der Waals surface area (Å²) in [6.07, 6.45) is 0. The van der Waals surface area contributed by atoms with Crippen LogP contribution in [0.15, 0.2) is 24.3 Å². The molecule has 1 aliphatic heterocycles. The number of carbonyl (C=O) groups excluding carboxylic acids is 1. The van der Waals surface area contributed by atoms with Crippen LogP contribution in [-0.4, -0.2) is 54.8 Å². The lowest BCUT2D eigenvalue weighted by Gasteiger charge is -2.33. The first kappa shape index (κ1) is 14.5. The number of hydrogen-bond acceptors (Lipinski definition) is 4. The van der Waals surface area contributed by atoms with E-state index in [1.165, 1.54) is 4.90 Å². The molecule has 1 aromatic rings. The molecule has 0 bridgehead atoms. The molecule has 1 saturated heterocycles. The van der Waals surface area contributed by atoms with Crippen LogP contribution in [0.1, 0.15) is 15.9 Å². The SMILES string of the molecule is COCc1ccccc1C(=O)N1CCOCC1C(=O)O. The molecule has 1 aliphatic rings. The van der Waals surface area contributed by atoms with Crippen LogP contribution >= 0.6 is 0 Å². The van der Waals surface area contributed by atoms with Crippen molar-refractivity contribution in [2.75, 3.05) is 26.9 Å². The smallest absolute Gasteiger partial charge is 0.328 e. The quantitative estimate of drug-likeness (QED) is 0.880. The van der Waals surface area contributed by atoms with Gasteiger partial charge in [-0.2, -0.15) is 0 Å². The van der Waals surface area contributed by atoms with E-state index in [-0.39, 0.29) is 19.1 Å². The Kier molecular flexibility index (Phi) is 4.70. The zero-order chi connectivity index (χ0) is 14.5. The van der Waals surface area contributed by atoms with Gasteiger partial charge >= 0.3 is 5.97 Å². The summed E-state index contributed by atoms with van der Waals surface area (Å²) in [4.78, 5) is 25.1. The van der Waals surface area contributed by atoms with E-state index >= 15 is 0 Å². The largest absolute Gasteiger partial charge is 0.480 e. The maximum Gasteiger partial charge on any atom is 0.328 e. The third-order valence-electron chi connectivity index (χ3n) is 3.22. The summed E-state index contributed by atoms with van der Waals surface area (Å²) < 4.78 is 10.2. The van der Waals surface area contributed by atoms with E-state index in [9.17, 15) is 14.7 Å². The van der Waals surface area contributed by atoms with Crippen LogP contribution in [-0.2, 0) is 20.9 Å². The lowest BCUT2D eigenvalue weighted by atomic mass is 10.1. The van der Waals surface area contributed by atoms with Crippen LogP contribution in [0.4, 0.5) is 0 Å². The van der Waals surface area contributed by atoms with E-state index in [4.69, 9.17) is 9.47 Å². The number of aliphatic carboxylic acids is 1. The van der Waals surface area contributed by atoms with Crippen molar-refractivity contribution in [1.82, 2.24) is 4.90 Å². The van der Waals surface area contributed by atoms with Gasteiger partial charge in [-0.15, -0.1) is 0 Å². The Hall–Kier alpha value is -1.92. The van der Waals surface area contributed by atoms with Crippen LogP contribution in [0.3, 0.4) is 0 Å². The summed E-state index contributed by atoms with van der Waals surface area (Å²) >= 11 is 0. The number of ether oxygens (including phenoxy) is 2. The fourth-order valence-electron chi connectivity index (χ4n) is 2.22. The molecule has 108 valence electrons. The molecule has 1 heterocycles. The van der Waals surface area contributed by atoms with Crippen LogP contribution in [0.2, 0.25) is 0 Å². The number of hydrogen-bond donors (Lipinski definition) is 1. The minimum Gasteiger partial charge on any atom is -0.480 e. The molecule has 1 N–H and O–H groups in total. The molecular formula is C14H17NO5. The van der Waals surface area contributed by atoms with E-state index in [0.717, 1.165) is 5.56 Å². The zero-order valence-corrected chi connectivity index (χ0v) is 11.2. The average molecular weight is 279 g/mol. The van der Waals surface area contributed by atoms with Gasteiger partial charge in [-0.05, 0) is 11.6 Å². The van der Waals surface area contributed by atoms with Gasteiger partial charge in [0.05, 0.1) is 19.8 Å². The Morgan fingerprint density at radius 1 is 1.45 bits per heavy atom. The highest BCUT2D eigenvalue weighted by Gasteiger charge is 2.33. The van der Waals surface area contributed by atoms with Crippen LogP contribution in [0.25, 0.3) is 0 Å². The van der Waals surface area contributed by atoms with Crippen molar-refractivity contribution in [1.29, 1.82) is 0 Å². The Morgan fingerprint density at radius 2 is 2.20 bits per heavy atom. The van der Waals surface area contributed by atoms with Gasteiger partial charge in [0.15, 0.2) is 6.04 Å². The topological polar surface area (TPSA) is 76.1 Å². The molecule has 0 saturated carbocycles. The first-order valence-corrected chi connectivity index (χ1v) is 6.33. The molecule has 0 aromatic heterocycles. The fraction of sp³-hybridized carbons (Fsp3) is 0.429. The molecule has 6 nitrogen and oxygen atoms in total. The Balaban J connectivity index is 2.27. The predicted molar refractivity (Wildman–Crippen MR) is 70.4 cm³/mol. The maximum atomic E-state index is 12.6. The molecule has 20 heavy (non-hydrogen) atoms. The Morgan fingerprint density at radius 3 is 2.90 bits per heavy atom. The van der Waals surface area contributed by atoms with E-state index in [1.807, 2.05) is 6.07 Å². The van der Waals surface area contributed by atoms with Gasteiger partial charge in [-0.3, -0.25) is 4.79 Å². The highest BCUT2D eigenvalue weighted by molar-refractivity contribution is 5.98. The van der Waals surface area contributed by atoms with Crippen molar-refractivity contribution in [2.24, 2.45) is 0 Å². The molecule has 0 radical (unpaired) electrons. The van der Waals surface area contributed by atoms with Gasteiger partial charge in [0.2, 0.25) is 0 Å². The molecule has 2 rings (SSSR count). The highest BCUT2D eigenvalue weighted by atomic mass is 16.5. The monoisotopic (exact) mass is 279 g/mol. The number of amides is 1. The van der Waals surface area contributed by atoms with Crippen molar-refractivity contribution < 1.29 is 24.2 Å². The third kappa shape index (κ3) is 2.97. The van der Waals surface area contributed by atoms with Gasteiger partial charge in [0.1, 0.15) is 0 Å². The van der Waals surface area contributed by atoms with Gasteiger partial charge in [-0.1, -0.05) is 18.2 Å². The van der Waals surface area contributed by atoms with Crippen LogP contribution < -0.4 is 0 Å². The predicted octanol–water partition coefficient (Wildman–Crippen LogP) is 0.759. The number of carboxylic acids is 1. The van der Waals surface area contributed by atoms with Crippen LogP contribution in [0.5, 0.6) is 0 Å². The number of benzene rings is 1.